The van der Waals surface area contributed by atoms with Crippen molar-refractivity contribution >= 4 is 5.91 Å². The average molecular weight is 174 g/mol. The molecule has 67 valence electrons. The molecule has 0 saturated carbocycles. The highest BCUT2D eigenvalue weighted by atomic mass is 16.2. The van der Waals surface area contributed by atoms with Gasteiger partial charge in [-0.25, -0.2) is 0 Å². The summed E-state index contributed by atoms with van der Waals surface area (Å²) in [5.41, 5.74) is 2.60. The largest absolute Gasteiger partial charge is 0.338 e. The Kier molecular flexibility index (Phi) is 2.05. The van der Waals surface area contributed by atoms with Gasteiger partial charge in [0, 0.05) is 20.0 Å². The summed E-state index contributed by atoms with van der Waals surface area (Å²) in [6, 6.07) is 9.04. The average Bonchev–Trinajstić information content (AvgIpc) is 2.17. The topological polar surface area (TPSA) is 20.3 Å². The zero-order valence-corrected chi connectivity index (χ0v) is 7.71. The van der Waals surface area contributed by atoms with Crippen LogP contribution in [0.25, 0.3) is 0 Å². The van der Waals surface area contributed by atoms with Gasteiger partial charge < -0.3 is 4.90 Å². The summed E-state index contributed by atoms with van der Waals surface area (Å²) in [7, 11) is 0. The SMILES string of the molecule is CC(=O)N1CCc2cc[c]cc2C1. The standard InChI is InChI=1S/C11H12NO/c1-9(13)12-7-6-10-4-2-3-5-11(10)8-12/h2,4-5H,6-8H2,1H3. The molecular weight excluding hydrogens is 162 g/mol. The van der Waals surface area contributed by atoms with Gasteiger partial charge in [-0.15, -0.1) is 0 Å². The Labute approximate surface area is 78.2 Å². The van der Waals surface area contributed by atoms with Gasteiger partial charge in [0.25, 0.3) is 0 Å². The fraction of sp³-hybridized carbons (Fsp3) is 0.364. The van der Waals surface area contributed by atoms with Crippen molar-refractivity contribution in [2.45, 2.75) is 19.9 Å². The quantitative estimate of drug-likeness (QED) is 0.582. The molecule has 1 aromatic rings. The second kappa shape index (κ2) is 3.21. The maximum absolute atomic E-state index is 11.1. The second-order valence-corrected chi connectivity index (χ2v) is 3.39. The maximum atomic E-state index is 11.1. The van der Waals surface area contributed by atoms with Crippen molar-refractivity contribution in [3.05, 3.63) is 35.4 Å². The first-order chi connectivity index (χ1) is 6.27. The monoisotopic (exact) mass is 174 g/mol. The van der Waals surface area contributed by atoms with Crippen molar-refractivity contribution in [1.29, 1.82) is 0 Å². The fourth-order valence-corrected chi connectivity index (χ4v) is 1.70. The van der Waals surface area contributed by atoms with E-state index < -0.39 is 0 Å². The minimum absolute atomic E-state index is 0.162. The molecule has 2 rings (SSSR count). The van der Waals surface area contributed by atoms with Crippen LogP contribution >= 0.6 is 0 Å². The van der Waals surface area contributed by atoms with Gasteiger partial charge in [-0.1, -0.05) is 12.1 Å². The lowest BCUT2D eigenvalue weighted by molar-refractivity contribution is -0.129. The minimum Gasteiger partial charge on any atom is -0.338 e. The van der Waals surface area contributed by atoms with Crippen LogP contribution in [0.5, 0.6) is 0 Å². The third-order valence-corrected chi connectivity index (χ3v) is 2.51. The summed E-state index contributed by atoms with van der Waals surface area (Å²) in [6.07, 6.45) is 0.976. The third kappa shape index (κ3) is 1.57. The molecule has 13 heavy (non-hydrogen) atoms. The van der Waals surface area contributed by atoms with E-state index in [1.165, 1.54) is 11.1 Å². The van der Waals surface area contributed by atoms with E-state index in [0.29, 0.717) is 0 Å². The Bertz CT molecular complexity index is 333. The first-order valence-corrected chi connectivity index (χ1v) is 4.51. The molecular formula is C11H12NO. The number of carbonyl (C=O) groups is 1. The number of carbonyl (C=O) groups excluding carboxylic acids is 1. The molecule has 1 heterocycles. The zero-order chi connectivity index (χ0) is 9.26. The highest BCUT2D eigenvalue weighted by molar-refractivity contribution is 5.73. The number of hydrogen-bond acceptors (Lipinski definition) is 1. The Morgan fingerprint density at radius 1 is 1.54 bits per heavy atom. The number of nitrogens with zero attached hydrogens (tertiary/aromatic N) is 1. The van der Waals surface area contributed by atoms with Gasteiger partial charge in [-0.3, -0.25) is 4.79 Å². The number of rotatable bonds is 0. The van der Waals surface area contributed by atoms with Gasteiger partial charge in [0.05, 0.1) is 0 Å². The van der Waals surface area contributed by atoms with Crippen LogP contribution in [0.15, 0.2) is 18.2 Å². The van der Waals surface area contributed by atoms with Crippen molar-refractivity contribution in [3.63, 3.8) is 0 Å². The van der Waals surface area contributed by atoms with Crippen molar-refractivity contribution in [3.8, 4) is 0 Å². The molecule has 0 fully saturated rings. The van der Waals surface area contributed by atoms with E-state index in [1.807, 2.05) is 17.0 Å². The van der Waals surface area contributed by atoms with Gasteiger partial charge in [0.2, 0.25) is 5.91 Å². The van der Waals surface area contributed by atoms with Crippen LogP contribution in [0.3, 0.4) is 0 Å². The number of benzene rings is 1. The van der Waals surface area contributed by atoms with Crippen LogP contribution < -0.4 is 0 Å². The molecule has 1 aliphatic rings. The second-order valence-electron chi connectivity index (χ2n) is 3.39. The molecule has 1 amide bonds. The molecule has 2 nitrogen and oxygen atoms in total. The van der Waals surface area contributed by atoms with Gasteiger partial charge in [-0.05, 0) is 29.7 Å². The highest BCUT2D eigenvalue weighted by Gasteiger charge is 2.16. The number of fused-ring (bicyclic) bond motifs is 1. The van der Waals surface area contributed by atoms with Crippen molar-refractivity contribution in [1.82, 2.24) is 4.90 Å². The molecule has 0 saturated heterocycles. The molecule has 0 bridgehead atoms. The normalized spacial score (nSPS) is 15.3. The van der Waals surface area contributed by atoms with Crippen LogP contribution in [-0.2, 0) is 17.8 Å². The van der Waals surface area contributed by atoms with E-state index in [2.05, 4.69) is 12.1 Å². The predicted octanol–water partition coefficient (Wildman–Crippen LogP) is 1.39. The molecule has 2 heteroatoms. The van der Waals surface area contributed by atoms with E-state index in [-0.39, 0.29) is 5.91 Å². The lowest BCUT2D eigenvalue weighted by Gasteiger charge is -2.27. The molecule has 0 atom stereocenters. The Hall–Kier alpha value is -1.31. The van der Waals surface area contributed by atoms with Crippen molar-refractivity contribution in [2.24, 2.45) is 0 Å². The van der Waals surface area contributed by atoms with E-state index in [4.69, 9.17) is 0 Å². The first-order valence-electron chi connectivity index (χ1n) is 4.51. The molecule has 1 aliphatic heterocycles. The predicted molar refractivity (Wildman–Crippen MR) is 50.1 cm³/mol. The van der Waals surface area contributed by atoms with E-state index in [0.717, 1.165) is 19.5 Å². The molecule has 0 N–H and O–H groups in total. The molecule has 0 aliphatic carbocycles. The summed E-state index contributed by atoms with van der Waals surface area (Å²) in [5.74, 6) is 0.162. The van der Waals surface area contributed by atoms with Crippen molar-refractivity contribution < 1.29 is 4.79 Å². The Balaban J connectivity index is 2.24. The minimum atomic E-state index is 0.162. The molecule has 0 spiro atoms. The molecule has 0 unspecified atom stereocenters. The van der Waals surface area contributed by atoms with Crippen LogP contribution in [0, 0.1) is 6.07 Å². The zero-order valence-electron chi connectivity index (χ0n) is 7.71. The Morgan fingerprint density at radius 3 is 3.15 bits per heavy atom. The third-order valence-electron chi connectivity index (χ3n) is 2.51. The first kappa shape index (κ1) is 8.30. The van der Waals surface area contributed by atoms with Crippen LogP contribution in [-0.4, -0.2) is 17.4 Å². The van der Waals surface area contributed by atoms with Gasteiger partial charge in [-0.2, -0.15) is 0 Å². The fourth-order valence-electron chi connectivity index (χ4n) is 1.70. The number of hydrogen-bond donors (Lipinski definition) is 0. The highest BCUT2D eigenvalue weighted by Crippen LogP contribution is 2.17. The van der Waals surface area contributed by atoms with Gasteiger partial charge >= 0.3 is 0 Å². The summed E-state index contributed by atoms with van der Waals surface area (Å²) in [6.45, 7) is 3.23. The van der Waals surface area contributed by atoms with Gasteiger partial charge in [0.15, 0.2) is 0 Å². The van der Waals surface area contributed by atoms with Crippen molar-refractivity contribution in [2.75, 3.05) is 6.54 Å². The molecule has 1 aromatic carbocycles. The lowest BCUT2D eigenvalue weighted by atomic mass is 10.00. The summed E-state index contributed by atoms with van der Waals surface area (Å²) in [4.78, 5) is 13.0. The Morgan fingerprint density at radius 2 is 2.38 bits per heavy atom. The van der Waals surface area contributed by atoms with Crippen LogP contribution in [0.2, 0.25) is 0 Å². The summed E-state index contributed by atoms with van der Waals surface area (Å²) in [5, 5.41) is 0. The van der Waals surface area contributed by atoms with Crippen LogP contribution in [0.1, 0.15) is 18.1 Å². The summed E-state index contributed by atoms with van der Waals surface area (Å²) >= 11 is 0. The smallest absolute Gasteiger partial charge is 0.219 e. The summed E-state index contributed by atoms with van der Waals surface area (Å²) < 4.78 is 0. The van der Waals surface area contributed by atoms with E-state index in [1.54, 1.807) is 6.92 Å². The molecule has 0 aromatic heterocycles. The number of amides is 1. The lowest BCUT2D eigenvalue weighted by Crippen LogP contribution is -2.34. The van der Waals surface area contributed by atoms with E-state index >= 15 is 0 Å². The van der Waals surface area contributed by atoms with Gasteiger partial charge in [0.1, 0.15) is 0 Å². The van der Waals surface area contributed by atoms with E-state index in [9.17, 15) is 4.79 Å². The van der Waals surface area contributed by atoms with Crippen LogP contribution in [0.4, 0.5) is 0 Å². The molecule has 1 radical (unpaired) electrons. The maximum Gasteiger partial charge on any atom is 0.219 e.